The molecule has 158 valence electrons. The molecule has 7 nitrogen and oxygen atoms in total. The molecule has 1 N–H and O–H groups in total. The Bertz CT molecular complexity index is 1020. The molecule has 1 aliphatic heterocycles. The predicted octanol–water partition coefficient (Wildman–Crippen LogP) is 4.25. The first-order valence-electron chi connectivity index (χ1n) is 9.33. The second-order valence-corrected chi connectivity index (χ2v) is 7.36. The lowest BCUT2D eigenvalue weighted by atomic mass is 10.1. The summed E-state index contributed by atoms with van der Waals surface area (Å²) in [5.74, 6) is -0.241. The summed E-state index contributed by atoms with van der Waals surface area (Å²) in [5.41, 5.74) is 1.14. The molecule has 1 aromatic heterocycles. The van der Waals surface area contributed by atoms with Crippen molar-refractivity contribution in [1.29, 1.82) is 0 Å². The normalized spacial score (nSPS) is 18.5. The van der Waals surface area contributed by atoms with Crippen molar-refractivity contribution in [2.24, 2.45) is 0 Å². The minimum absolute atomic E-state index is 0.178. The lowest BCUT2D eigenvalue weighted by molar-refractivity contribution is -0.140. The summed E-state index contributed by atoms with van der Waals surface area (Å²) in [6, 6.07) is 12.1. The first-order valence-corrected chi connectivity index (χ1v) is 9.33. The Labute approximate surface area is 170 Å². The molecule has 1 fully saturated rings. The van der Waals surface area contributed by atoms with Gasteiger partial charge in [0, 0.05) is 16.9 Å². The van der Waals surface area contributed by atoms with Gasteiger partial charge in [0.15, 0.2) is 5.79 Å². The maximum absolute atomic E-state index is 12.8. The van der Waals surface area contributed by atoms with E-state index >= 15 is 0 Å². The lowest BCUT2D eigenvalue weighted by Crippen LogP contribution is -2.25. The summed E-state index contributed by atoms with van der Waals surface area (Å²) in [6.45, 7) is 4.52. The van der Waals surface area contributed by atoms with Gasteiger partial charge in [0.25, 0.3) is 0 Å². The van der Waals surface area contributed by atoms with E-state index in [1.54, 1.807) is 6.07 Å². The summed E-state index contributed by atoms with van der Waals surface area (Å²) in [6.07, 6.45) is -4.55. The van der Waals surface area contributed by atoms with Crippen LogP contribution >= 0.6 is 0 Å². The number of nitrogens with zero attached hydrogens (tertiary/aromatic N) is 4. The van der Waals surface area contributed by atoms with Crippen molar-refractivity contribution < 1.29 is 22.6 Å². The monoisotopic (exact) mass is 419 g/mol. The number of nitrogens with one attached hydrogen (secondary N) is 1. The summed E-state index contributed by atoms with van der Waals surface area (Å²) < 4.78 is 49.6. The number of anilines is 2. The van der Waals surface area contributed by atoms with Crippen molar-refractivity contribution in [3.8, 4) is 11.4 Å². The van der Waals surface area contributed by atoms with Crippen molar-refractivity contribution in [3.63, 3.8) is 0 Å². The van der Waals surface area contributed by atoms with E-state index in [0.717, 1.165) is 12.1 Å². The standard InChI is InChI=1S/C20H20F3N5O2/c1-19(2)29-12-15(30-19)11-28-26-18(25-27-28)16-5-3-4-6-17(16)24-14-9-7-13(8-10-14)20(21,22)23/h3-10,15,24H,11-12H2,1-2H3. The highest BCUT2D eigenvalue weighted by Gasteiger charge is 2.33. The Hall–Kier alpha value is -2.98. The van der Waals surface area contributed by atoms with Gasteiger partial charge in [-0.3, -0.25) is 0 Å². The molecule has 0 spiro atoms. The molecule has 1 atom stereocenters. The molecule has 0 aliphatic carbocycles. The van der Waals surface area contributed by atoms with Gasteiger partial charge >= 0.3 is 6.18 Å². The fourth-order valence-corrected chi connectivity index (χ4v) is 3.15. The third-order valence-electron chi connectivity index (χ3n) is 4.55. The highest BCUT2D eigenvalue weighted by molar-refractivity contribution is 5.77. The average molecular weight is 419 g/mol. The van der Waals surface area contributed by atoms with Crippen LogP contribution in [-0.4, -0.2) is 38.7 Å². The van der Waals surface area contributed by atoms with Crippen LogP contribution in [0.3, 0.4) is 0 Å². The number of alkyl halides is 3. The molecular formula is C20H20F3N5O2. The molecular weight excluding hydrogens is 399 g/mol. The minimum Gasteiger partial charge on any atom is -0.355 e. The molecule has 1 aliphatic rings. The number of tetrazole rings is 1. The fourth-order valence-electron chi connectivity index (χ4n) is 3.15. The molecule has 30 heavy (non-hydrogen) atoms. The molecule has 3 aromatic rings. The van der Waals surface area contributed by atoms with Gasteiger partial charge in [-0.25, -0.2) is 0 Å². The zero-order valence-electron chi connectivity index (χ0n) is 16.3. The van der Waals surface area contributed by atoms with Crippen LogP contribution < -0.4 is 5.32 Å². The molecule has 2 aromatic carbocycles. The molecule has 2 heterocycles. The molecule has 1 unspecified atom stereocenters. The van der Waals surface area contributed by atoms with E-state index in [2.05, 4.69) is 20.7 Å². The molecule has 0 radical (unpaired) electrons. The average Bonchev–Trinajstić information content (AvgIpc) is 3.28. The van der Waals surface area contributed by atoms with Crippen LogP contribution in [-0.2, 0) is 22.2 Å². The zero-order valence-corrected chi connectivity index (χ0v) is 16.3. The summed E-state index contributed by atoms with van der Waals surface area (Å²) in [7, 11) is 0. The Kier molecular flexibility index (Phi) is 5.20. The van der Waals surface area contributed by atoms with Crippen LogP contribution in [0, 0.1) is 0 Å². The smallest absolute Gasteiger partial charge is 0.355 e. The molecule has 1 saturated heterocycles. The molecule has 0 bridgehead atoms. The molecule has 10 heteroatoms. The van der Waals surface area contributed by atoms with E-state index in [4.69, 9.17) is 9.47 Å². The predicted molar refractivity (Wildman–Crippen MR) is 103 cm³/mol. The number of benzene rings is 2. The summed E-state index contributed by atoms with van der Waals surface area (Å²) in [5, 5.41) is 15.7. The zero-order chi connectivity index (χ0) is 21.4. The lowest BCUT2D eigenvalue weighted by Gasteiger charge is -2.16. The Balaban J connectivity index is 1.50. The minimum atomic E-state index is -4.37. The Morgan fingerprint density at radius 3 is 2.53 bits per heavy atom. The van der Waals surface area contributed by atoms with Gasteiger partial charge in [-0.15, -0.1) is 10.2 Å². The van der Waals surface area contributed by atoms with Gasteiger partial charge in [0.2, 0.25) is 5.82 Å². The van der Waals surface area contributed by atoms with Gasteiger partial charge in [-0.2, -0.15) is 18.0 Å². The maximum Gasteiger partial charge on any atom is 0.416 e. The van der Waals surface area contributed by atoms with Crippen LogP contribution in [0.25, 0.3) is 11.4 Å². The number of rotatable bonds is 5. The number of ether oxygens (including phenoxy) is 2. The van der Waals surface area contributed by atoms with Crippen molar-refractivity contribution in [1.82, 2.24) is 20.2 Å². The van der Waals surface area contributed by atoms with Gasteiger partial charge < -0.3 is 14.8 Å². The van der Waals surface area contributed by atoms with E-state index in [1.807, 2.05) is 32.0 Å². The van der Waals surface area contributed by atoms with Crippen LogP contribution in [0.2, 0.25) is 0 Å². The van der Waals surface area contributed by atoms with Crippen molar-refractivity contribution >= 4 is 11.4 Å². The van der Waals surface area contributed by atoms with Gasteiger partial charge in [-0.1, -0.05) is 12.1 Å². The fraction of sp³-hybridized carbons (Fsp3) is 0.350. The Morgan fingerprint density at radius 1 is 1.13 bits per heavy atom. The third-order valence-corrected chi connectivity index (χ3v) is 4.55. The van der Waals surface area contributed by atoms with E-state index in [9.17, 15) is 13.2 Å². The highest BCUT2D eigenvalue weighted by atomic mass is 19.4. The van der Waals surface area contributed by atoms with E-state index in [1.165, 1.54) is 16.9 Å². The summed E-state index contributed by atoms with van der Waals surface area (Å²) >= 11 is 0. The van der Waals surface area contributed by atoms with Crippen LogP contribution in [0.4, 0.5) is 24.5 Å². The quantitative estimate of drug-likeness (QED) is 0.666. The van der Waals surface area contributed by atoms with Crippen molar-refractivity contribution in [2.45, 2.75) is 38.5 Å². The molecule has 0 amide bonds. The first kappa shape index (κ1) is 20.3. The first-order chi connectivity index (χ1) is 14.2. The number of para-hydroxylation sites is 1. The third kappa shape index (κ3) is 4.60. The second-order valence-electron chi connectivity index (χ2n) is 7.36. The van der Waals surface area contributed by atoms with Gasteiger partial charge in [-0.05, 0) is 55.5 Å². The van der Waals surface area contributed by atoms with Crippen LogP contribution in [0.5, 0.6) is 0 Å². The van der Waals surface area contributed by atoms with Crippen molar-refractivity contribution in [3.05, 3.63) is 54.1 Å². The van der Waals surface area contributed by atoms with Crippen LogP contribution in [0.1, 0.15) is 19.4 Å². The molecule has 4 rings (SSSR count). The maximum atomic E-state index is 12.8. The van der Waals surface area contributed by atoms with E-state index < -0.39 is 17.5 Å². The Morgan fingerprint density at radius 2 is 1.87 bits per heavy atom. The van der Waals surface area contributed by atoms with Gasteiger partial charge in [0.05, 0.1) is 18.7 Å². The van der Waals surface area contributed by atoms with E-state index in [0.29, 0.717) is 35.9 Å². The number of halogens is 3. The number of aromatic nitrogens is 4. The SMILES string of the molecule is CC1(C)OCC(Cn2nnc(-c3ccccc3Nc3ccc(C(F)(F)F)cc3)n2)O1. The summed E-state index contributed by atoms with van der Waals surface area (Å²) in [4.78, 5) is 1.44. The molecule has 0 saturated carbocycles. The topological polar surface area (TPSA) is 74.1 Å². The van der Waals surface area contributed by atoms with Crippen molar-refractivity contribution in [2.75, 3.05) is 11.9 Å². The highest BCUT2D eigenvalue weighted by Crippen LogP contribution is 2.32. The van der Waals surface area contributed by atoms with E-state index in [-0.39, 0.29) is 6.10 Å². The second kappa shape index (κ2) is 7.69. The number of hydrogen-bond acceptors (Lipinski definition) is 6. The largest absolute Gasteiger partial charge is 0.416 e. The number of hydrogen-bond donors (Lipinski definition) is 1. The van der Waals surface area contributed by atoms with Crippen LogP contribution in [0.15, 0.2) is 48.5 Å². The van der Waals surface area contributed by atoms with Gasteiger partial charge in [0.1, 0.15) is 6.10 Å².